The van der Waals surface area contributed by atoms with Crippen LogP contribution in [0.2, 0.25) is 0 Å². The number of carbonyl (C=O) groups is 2. The molecule has 0 atom stereocenters. The van der Waals surface area contributed by atoms with Crippen molar-refractivity contribution in [3.05, 3.63) is 12.2 Å². The fourth-order valence-electron chi connectivity index (χ4n) is 2.94. The fraction of sp³-hybridized carbons (Fsp3) is 0.810. The molecule has 0 rings (SSSR count). The summed E-state index contributed by atoms with van der Waals surface area (Å²) in [5.41, 5.74) is -0.303. The second kappa shape index (κ2) is 16.8. The van der Waals surface area contributed by atoms with Crippen LogP contribution in [0.25, 0.3) is 0 Å². The number of nitrogens with zero attached hydrogens (tertiary/aromatic N) is 2. The molecule has 2 N–H and O–H groups in total. The van der Waals surface area contributed by atoms with Crippen LogP contribution < -0.4 is 0 Å². The van der Waals surface area contributed by atoms with E-state index in [0.717, 1.165) is 0 Å². The molecule has 162 valence electrons. The van der Waals surface area contributed by atoms with E-state index in [-0.39, 0.29) is 5.57 Å². The number of hydrogen-bond acceptors (Lipinski definition) is 2. The number of hydrogen-bond donors (Lipinski definition) is 2. The molecule has 6 heteroatoms. The molecule has 0 radical (unpaired) electrons. The Balaban J connectivity index is -0.000000320. The highest BCUT2D eigenvalue weighted by Crippen LogP contribution is 2.04. The van der Waals surface area contributed by atoms with E-state index in [4.69, 9.17) is 10.2 Å². The molecule has 0 aromatic carbocycles. The van der Waals surface area contributed by atoms with Crippen LogP contribution in [0, 0.1) is 0 Å². The van der Waals surface area contributed by atoms with Crippen molar-refractivity contribution in [3.63, 3.8) is 0 Å². The maximum absolute atomic E-state index is 9.87. The highest BCUT2D eigenvalue weighted by molar-refractivity contribution is 5.91. The van der Waals surface area contributed by atoms with E-state index in [1.807, 2.05) is 0 Å². The summed E-state index contributed by atoms with van der Waals surface area (Å²) in [4.78, 5) is 19.7. The minimum Gasteiger partial charge on any atom is -0.481 e. The van der Waals surface area contributed by atoms with Crippen LogP contribution in [0.3, 0.4) is 0 Å². The topological polar surface area (TPSA) is 74.6 Å². The Kier molecular flexibility index (Phi) is 18.8. The maximum Gasteiger partial charge on any atom is 0.331 e. The summed E-state index contributed by atoms with van der Waals surface area (Å²) in [6.07, 6.45) is -0.505. The van der Waals surface area contributed by atoms with E-state index in [9.17, 15) is 9.59 Å². The van der Waals surface area contributed by atoms with Crippen molar-refractivity contribution in [1.29, 1.82) is 0 Å². The van der Waals surface area contributed by atoms with Gasteiger partial charge in [-0.2, -0.15) is 0 Å². The van der Waals surface area contributed by atoms with Gasteiger partial charge in [0.05, 0.1) is 58.8 Å². The second-order valence-corrected chi connectivity index (χ2v) is 6.69. The van der Waals surface area contributed by atoms with Crippen molar-refractivity contribution in [3.8, 4) is 0 Å². The summed E-state index contributed by atoms with van der Waals surface area (Å²) in [6.45, 7) is 31.5. The lowest BCUT2D eigenvalue weighted by molar-refractivity contribution is -0.921. The third-order valence-corrected chi connectivity index (χ3v) is 6.03. The molecule has 0 aromatic heterocycles. The van der Waals surface area contributed by atoms with Crippen LogP contribution in [0.15, 0.2) is 12.2 Å². The van der Waals surface area contributed by atoms with Gasteiger partial charge in [0.15, 0.2) is 0 Å². The first-order valence-electron chi connectivity index (χ1n) is 10.4. The first kappa shape index (κ1) is 30.3. The average Bonchev–Trinajstić information content (AvgIpc) is 2.67. The largest absolute Gasteiger partial charge is 0.481 e. The van der Waals surface area contributed by atoms with Crippen LogP contribution >= 0.6 is 0 Å². The standard InChI is InChI=1S/2C8H20N.C5H6O4/c2*1-5-9(6-2,7-3)8-4;1-3(5(8)9)2-4(6)7/h2*5-8H2,1-4H3;1-2H2,(H,6,7)(H,8,9)/q2*+1;. The Bertz CT molecular complexity index is 359. The van der Waals surface area contributed by atoms with Gasteiger partial charge in [-0.3, -0.25) is 4.79 Å². The zero-order chi connectivity index (χ0) is 22.1. The quantitative estimate of drug-likeness (QED) is 0.415. The molecular weight excluding hydrogens is 344 g/mol. The predicted molar refractivity (Wildman–Crippen MR) is 114 cm³/mol. The minimum absolute atomic E-state index is 0.303. The van der Waals surface area contributed by atoms with Gasteiger partial charge < -0.3 is 19.2 Å². The van der Waals surface area contributed by atoms with Crippen molar-refractivity contribution in [2.75, 3.05) is 52.4 Å². The van der Waals surface area contributed by atoms with E-state index in [2.05, 4.69) is 62.0 Å². The monoisotopic (exact) mass is 390 g/mol. The molecular formula is C21H46N2O4+2. The Hall–Kier alpha value is -1.40. The van der Waals surface area contributed by atoms with E-state index in [0.29, 0.717) is 0 Å². The number of aliphatic carboxylic acids is 2. The second-order valence-electron chi connectivity index (χ2n) is 6.69. The predicted octanol–water partition coefficient (Wildman–Crippen LogP) is 3.87. The van der Waals surface area contributed by atoms with E-state index in [1.54, 1.807) is 0 Å². The summed E-state index contributed by atoms with van der Waals surface area (Å²) in [5, 5.41) is 16.1. The zero-order valence-corrected chi connectivity index (χ0v) is 19.2. The van der Waals surface area contributed by atoms with Crippen LogP contribution in [0.4, 0.5) is 0 Å². The van der Waals surface area contributed by atoms with Crippen LogP contribution in [-0.4, -0.2) is 83.5 Å². The smallest absolute Gasteiger partial charge is 0.331 e. The van der Waals surface area contributed by atoms with E-state index in [1.165, 1.54) is 61.3 Å². The number of carboxylic acids is 2. The molecule has 0 saturated heterocycles. The third kappa shape index (κ3) is 13.4. The maximum atomic E-state index is 9.87. The molecule has 0 amide bonds. The first-order valence-corrected chi connectivity index (χ1v) is 10.4. The molecule has 0 unspecified atom stereocenters. The molecule has 0 saturated carbocycles. The minimum atomic E-state index is -1.27. The van der Waals surface area contributed by atoms with Crippen molar-refractivity contribution in [1.82, 2.24) is 0 Å². The van der Waals surface area contributed by atoms with Crippen molar-refractivity contribution in [2.45, 2.75) is 61.8 Å². The van der Waals surface area contributed by atoms with Crippen LogP contribution in [0.5, 0.6) is 0 Å². The van der Waals surface area contributed by atoms with Gasteiger partial charge in [-0.25, -0.2) is 4.79 Å². The lowest BCUT2D eigenvalue weighted by atomic mass is 10.2. The average molecular weight is 391 g/mol. The number of carboxylic acid groups (broad SMARTS) is 2. The van der Waals surface area contributed by atoms with Gasteiger partial charge in [-0.15, -0.1) is 0 Å². The van der Waals surface area contributed by atoms with Crippen molar-refractivity contribution >= 4 is 11.9 Å². The van der Waals surface area contributed by atoms with Crippen LogP contribution in [-0.2, 0) is 9.59 Å². The molecule has 0 aliphatic carbocycles. The van der Waals surface area contributed by atoms with Gasteiger partial charge >= 0.3 is 11.9 Å². The fourth-order valence-corrected chi connectivity index (χ4v) is 2.94. The normalized spacial score (nSPS) is 10.8. The zero-order valence-electron chi connectivity index (χ0n) is 19.2. The molecule has 0 spiro atoms. The molecule has 0 bridgehead atoms. The summed E-state index contributed by atoms with van der Waals surface area (Å²) >= 11 is 0. The molecule has 0 aliphatic heterocycles. The van der Waals surface area contributed by atoms with Gasteiger partial charge in [0.1, 0.15) is 0 Å². The summed E-state index contributed by atoms with van der Waals surface area (Å²) in [6, 6.07) is 0. The lowest BCUT2D eigenvalue weighted by Crippen LogP contribution is -2.47. The molecule has 0 aliphatic rings. The first-order chi connectivity index (χ1) is 12.5. The number of quaternary nitrogens is 2. The SMILES string of the molecule is C=C(CC(=O)O)C(=O)O.CC[N+](CC)(CC)CC.CC[N+](CC)(CC)CC. The van der Waals surface area contributed by atoms with E-state index >= 15 is 0 Å². The lowest BCUT2D eigenvalue weighted by Gasteiger charge is -2.34. The molecule has 6 nitrogen and oxygen atoms in total. The van der Waals surface area contributed by atoms with Crippen LogP contribution in [0.1, 0.15) is 61.8 Å². The Morgan fingerprint density at radius 1 is 0.630 bits per heavy atom. The van der Waals surface area contributed by atoms with Gasteiger partial charge in [0.2, 0.25) is 0 Å². The summed E-state index contributed by atoms with van der Waals surface area (Å²) in [7, 11) is 0. The molecule has 0 fully saturated rings. The highest BCUT2D eigenvalue weighted by atomic mass is 16.4. The summed E-state index contributed by atoms with van der Waals surface area (Å²) < 4.78 is 2.56. The van der Waals surface area contributed by atoms with Gasteiger partial charge in [-0.05, 0) is 55.4 Å². The Morgan fingerprint density at radius 2 is 0.852 bits per heavy atom. The number of rotatable bonds is 11. The van der Waals surface area contributed by atoms with Crippen molar-refractivity contribution < 1.29 is 28.8 Å². The third-order valence-electron chi connectivity index (χ3n) is 6.03. The van der Waals surface area contributed by atoms with Gasteiger partial charge in [0.25, 0.3) is 0 Å². The van der Waals surface area contributed by atoms with Crippen molar-refractivity contribution in [2.24, 2.45) is 0 Å². The summed E-state index contributed by atoms with van der Waals surface area (Å²) in [5.74, 6) is -2.44. The van der Waals surface area contributed by atoms with E-state index < -0.39 is 18.4 Å². The Labute approximate surface area is 167 Å². The Morgan fingerprint density at radius 3 is 0.889 bits per heavy atom. The molecule has 0 heterocycles. The molecule has 27 heavy (non-hydrogen) atoms. The molecule has 0 aromatic rings. The van der Waals surface area contributed by atoms with Gasteiger partial charge in [-0.1, -0.05) is 6.58 Å². The van der Waals surface area contributed by atoms with Gasteiger partial charge in [0, 0.05) is 5.57 Å². The highest BCUT2D eigenvalue weighted by Gasteiger charge is 2.16.